The van der Waals surface area contributed by atoms with Crippen LogP contribution >= 0.6 is 45.1 Å². The van der Waals surface area contributed by atoms with E-state index in [2.05, 4.69) is 96.1 Å². The molecular formula is C26H34S4. The van der Waals surface area contributed by atoms with E-state index in [1.807, 2.05) is 6.92 Å². The first-order valence-corrected chi connectivity index (χ1v) is 12.7. The minimum Gasteiger partial charge on any atom is -0.0846 e. The van der Waals surface area contributed by atoms with Gasteiger partial charge in [-0.3, -0.25) is 0 Å². The first kappa shape index (κ1) is 26.8. The van der Waals surface area contributed by atoms with Crippen molar-refractivity contribution in [2.24, 2.45) is 0 Å². The predicted octanol–water partition coefficient (Wildman–Crippen LogP) is 9.86. The highest BCUT2D eigenvalue weighted by atomic mass is 32.9. The molecule has 4 heteroatoms. The topological polar surface area (TPSA) is 0 Å². The molecular weight excluding hydrogens is 441 g/mol. The maximum Gasteiger partial charge on any atom is 0.102 e. The summed E-state index contributed by atoms with van der Waals surface area (Å²) >= 11 is 10.2. The summed E-state index contributed by atoms with van der Waals surface area (Å²) in [5.41, 5.74) is 5.60. The SMILES string of the molecule is C.CC(=S)c1ccc(C(C)(C)C)cc1.CC(C)(C)c1ccc(-c2cc(=S)ss2)cc1. The zero-order valence-corrected chi connectivity index (χ0v) is 21.6. The standard InChI is InChI=1S/C13H14S3.C12H16S.CH4/c1-13(2,3)10-6-4-9(5-7-10)11-8-12(14)16-15-11;1-9(13)10-5-7-11(8-6-10)12(2,3)4;/h4-8H,1-3H3;5-8H,1-4H3;1H4. The minimum absolute atomic E-state index is 0. The molecule has 30 heavy (non-hydrogen) atoms. The molecule has 0 amide bonds. The van der Waals surface area contributed by atoms with Gasteiger partial charge in [0.15, 0.2) is 0 Å². The fourth-order valence-electron chi connectivity index (χ4n) is 2.71. The van der Waals surface area contributed by atoms with E-state index in [1.165, 1.54) is 21.6 Å². The van der Waals surface area contributed by atoms with Crippen LogP contribution < -0.4 is 0 Å². The van der Waals surface area contributed by atoms with E-state index in [9.17, 15) is 0 Å². The summed E-state index contributed by atoms with van der Waals surface area (Å²) in [4.78, 5) is 2.23. The van der Waals surface area contributed by atoms with Gasteiger partial charge in [-0.15, -0.1) is 0 Å². The Morgan fingerprint density at radius 1 is 0.733 bits per heavy atom. The maximum absolute atomic E-state index is 5.15. The summed E-state index contributed by atoms with van der Waals surface area (Å²) < 4.78 is 0.972. The number of rotatable bonds is 2. The second-order valence-corrected chi connectivity index (χ2v) is 12.7. The second kappa shape index (κ2) is 10.9. The Bertz CT molecular complexity index is 989. The third-order valence-electron chi connectivity index (χ3n) is 4.66. The molecule has 0 unspecified atom stereocenters. The van der Waals surface area contributed by atoms with Gasteiger partial charge in [0.2, 0.25) is 0 Å². The number of thiocarbonyl (C=S) groups is 1. The van der Waals surface area contributed by atoms with Crippen molar-refractivity contribution in [3.05, 3.63) is 75.1 Å². The van der Waals surface area contributed by atoms with E-state index in [0.717, 1.165) is 14.3 Å². The van der Waals surface area contributed by atoms with Gasteiger partial charge in [-0.25, -0.2) is 0 Å². The molecule has 0 fully saturated rings. The van der Waals surface area contributed by atoms with Crippen molar-refractivity contribution in [2.75, 3.05) is 0 Å². The fraction of sp³-hybridized carbons (Fsp3) is 0.385. The van der Waals surface area contributed by atoms with Gasteiger partial charge >= 0.3 is 0 Å². The largest absolute Gasteiger partial charge is 0.102 e. The summed E-state index contributed by atoms with van der Waals surface area (Å²) in [7, 11) is 3.42. The van der Waals surface area contributed by atoms with E-state index in [-0.39, 0.29) is 18.3 Å². The lowest BCUT2D eigenvalue weighted by atomic mass is 9.86. The molecule has 0 aliphatic carbocycles. The first-order valence-electron chi connectivity index (χ1n) is 9.70. The number of benzene rings is 2. The highest BCUT2D eigenvalue weighted by Gasteiger charge is 2.13. The Morgan fingerprint density at radius 3 is 1.50 bits per heavy atom. The lowest BCUT2D eigenvalue weighted by Gasteiger charge is -2.18. The average Bonchev–Trinajstić information content (AvgIpc) is 3.07. The predicted molar refractivity (Wildman–Crippen MR) is 146 cm³/mol. The summed E-state index contributed by atoms with van der Waals surface area (Å²) in [5.74, 6) is 0. The van der Waals surface area contributed by atoms with Crippen LogP contribution in [0.2, 0.25) is 0 Å². The highest BCUT2D eigenvalue weighted by Crippen LogP contribution is 2.31. The van der Waals surface area contributed by atoms with Crippen molar-refractivity contribution in [3.8, 4) is 10.4 Å². The first-order chi connectivity index (χ1) is 13.4. The molecule has 0 saturated carbocycles. The molecule has 162 valence electrons. The smallest absolute Gasteiger partial charge is 0.0846 e. The van der Waals surface area contributed by atoms with Gasteiger partial charge in [-0.05, 0) is 46.1 Å². The van der Waals surface area contributed by atoms with Gasteiger partial charge in [0.05, 0.1) is 0 Å². The van der Waals surface area contributed by atoms with Gasteiger partial charge in [0.1, 0.15) is 3.82 Å². The minimum atomic E-state index is 0. The molecule has 0 bridgehead atoms. The van der Waals surface area contributed by atoms with Gasteiger partial charge < -0.3 is 0 Å². The molecule has 0 radical (unpaired) electrons. The van der Waals surface area contributed by atoms with Crippen LogP contribution in [0.3, 0.4) is 0 Å². The van der Waals surface area contributed by atoms with Crippen molar-refractivity contribution in [1.82, 2.24) is 0 Å². The monoisotopic (exact) mass is 474 g/mol. The lowest BCUT2D eigenvalue weighted by Crippen LogP contribution is -2.10. The van der Waals surface area contributed by atoms with E-state index in [0.29, 0.717) is 0 Å². The Labute approximate surface area is 201 Å². The molecule has 1 heterocycles. The lowest BCUT2D eigenvalue weighted by molar-refractivity contribution is 0.590. The quantitative estimate of drug-likeness (QED) is 0.206. The number of hydrogen-bond acceptors (Lipinski definition) is 4. The molecule has 0 saturated heterocycles. The zero-order valence-electron chi connectivity index (χ0n) is 18.3. The van der Waals surface area contributed by atoms with Crippen LogP contribution in [0, 0.1) is 3.82 Å². The zero-order chi connectivity index (χ0) is 21.8. The Hall–Kier alpha value is -1.20. The van der Waals surface area contributed by atoms with Crippen molar-refractivity contribution >= 4 is 50.0 Å². The molecule has 0 nitrogen and oxygen atoms in total. The van der Waals surface area contributed by atoms with Crippen LogP contribution in [0.4, 0.5) is 0 Å². The molecule has 1 aromatic heterocycles. The molecule has 0 N–H and O–H groups in total. The maximum atomic E-state index is 5.15. The van der Waals surface area contributed by atoms with Crippen LogP contribution in [0.5, 0.6) is 0 Å². The van der Waals surface area contributed by atoms with Gasteiger partial charge in [0, 0.05) is 9.74 Å². The Kier molecular flexibility index (Phi) is 9.75. The summed E-state index contributed by atoms with van der Waals surface area (Å²) in [6, 6.07) is 19.4. The van der Waals surface area contributed by atoms with E-state index in [1.54, 1.807) is 20.7 Å². The third kappa shape index (κ3) is 7.81. The molecule has 0 spiro atoms. The Morgan fingerprint density at radius 2 is 1.17 bits per heavy atom. The molecule has 3 aromatic rings. The molecule has 0 aliphatic rings. The van der Waals surface area contributed by atoms with Gasteiger partial charge in [0.25, 0.3) is 0 Å². The third-order valence-corrected chi connectivity index (χ3v) is 7.80. The van der Waals surface area contributed by atoms with Gasteiger partial charge in [-0.1, -0.05) is 143 Å². The average molecular weight is 475 g/mol. The van der Waals surface area contributed by atoms with Crippen molar-refractivity contribution in [1.29, 1.82) is 0 Å². The van der Waals surface area contributed by atoms with E-state index >= 15 is 0 Å². The van der Waals surface area contributed by atoms with Crippen molar-refractivity contribution < 1.29 is 0 Å². The second-order valence-electron chi connectivity index (χ2n) is 9.21. The molecule has 0 atom stereocenters. The van der Waals surface area contributed by atoms with Crippen LogP contribution in [0.15, 0.2) is 54.6 Å². The Balaban J connectivity index is 0.000000297. The fourth-order valence-corrected chi connectivity index (χ4v) is 5.25. The summed E-state index contributed by atoms with van der Waals surface area (Å²) in [5, 5.41) is 0. The van der Waals surface area contributed by atoms with E-state index in [4.69, 9.17) is 24.4 Å². The van der Waals surface area contributed by atoms with E-state index < -0.39 is 0 Å². The van der Waals surface area contributed by atoms with Crippen LogP contribution in [-0.2, 0) is 10.8 Å². The normalized spacial score (nSPS) is 11.2. The van der Waals surface area contributed by atoms with Crippen LogP contribution in [-0.4, -0.2) is 4.86 Å². The van der Waals surface area contributed by atoms with Crippen molar-refractivity contribution in [3.63, 3.8) is 0 Å². The van der Waals surface area contributed by atoms with Crippen molar-refractivity contribution in [2.45, 2.75) is 66.7 Å². The summed E-state index contributed by atoms with van der Waals surface area (Å²) in [6.45, 7) is 15.3. The number of hydrogen-bond donors (Lipinski definition) is 0. The molecule has 3 rings (SSSR count). The van der Waals surface area contributed by atoms with Crippen LogP contribution in [0.25, 0.3) is 10.4 Å². The molecule has 0 aliphatic heterocycles. The summed E-state index contributed by atoms with van der Waals surface area (Å²) in [6.07, 6.45) is 0. The molecule has 2 aromatic carbocycles. The highest BCUT2D eigenvalue weighted by molar-refractivity contribution is 7.80. The van der Waals surface area contributed by atoms with Crippen LogP contribution in [0.1, 0.15) is 72.6 Å². The van der Waals surface area contributed by atoms with Gasteiger partial charge in [-0.2, -0.15) is 0 Å².